The SMILES string of the molecule is COc1ccc(CCNC(=O)Cc2coc3cc(C)c(C)cc23)cc1OC(F)F. The second-order valence-electron chi connectivity index (χ2n) is 6.83. The van der Waals surface area contributed by atoms with Crippen LogP contribution in [0.4, 0.5) is 8.78 Å². The molecule has 0 aliphatic heterocycles. The Morgan fingerprint density at radius 2 is 1.90 bits per heavy atom. The van der Waals surface area contributed by atoms with Gasteiger partial charge in [-0.05, 0) is 61.2 Å². The zero-order valence-electron chi connectivity index (χ0n) is 16.6. The van der Waals surface area contributed by atoms with Crippen LogP contribution in [0.15, 0.2) is 41.0 Å². The lowest BCUT2D eigenvalue weighted by Gasteiger charge is -2.12. The summed E-state index contributed by atoms with van der Waals surface area (Å²) in [6, 6.07) is 8.80. The number of carbonyl (C=O) groups is 1. The first kappa shape index (κ1) is 20.6. The number of rotatable bonds is 8. The number of amides is 1. The second kappa shape index (κ2) is 8.94. The highest BCUT2D eigenvalue weighted by molar-refractivity contribution is 5.88. The molecule has 0 spiro atoms. The van der Waals surface area contributed by atoms with Gasteiger partial charge in [-0.1, -0.05) is 6.07 Å². The number of nitrogens with one attached hydrogen (secondary N) is 1. The number of hydrogen-bond acceptors (Lipinski definition) is 4. The quantitative estimate of drug-likeness (QED) is 0.599. The molecular weight excluding hydrogens is 380 g/mol. The minimum atomic E-state index is -2.93. The number of furan rings is 1. The number of halogens is 2. The summed E-state index contributed by atoms with van der Waals surface area (Å²) in [6.45, 7) is 1.47. The van der Waals surface area contributed by atoms with Crippen molar-refractivity contribution in [3.05, 3.63) is 58.8 Å². The van der Waals surface area contributed by atoms with Crippen LogP contribution in [0.2, 0.25) is 0 Å². The number of ether oxygens (including phenoxy) is 2. The van der Waals surface area contributed by atoms with Crippen LogP contribution < -0.4 is 14.8 Å². The molecule has 3 rings (SSSR count). The molecule has 3 aromatic rings. The summed E-state index contributed by atoms with van der Waals surface area (Å²) in [6.07, 6.45) is 2.29. The van der Waals surface area contributed by atoms with Crippen LogP contribution in [-0.4, -0.2) is 26.2 Å². The third-order valence-corrected chi connectivity index (χ3v) is 4.80. The van der Waals surface area contributed by atoms with E-state index in [0.29, 0.717) is 13.0 Å². The Morgan fingerprint density at radius 3 is 2.62 bits per heavy atom. The highest BCUT2D eigenvalue weighted by atomic mass is 19.3. The summed E-state index contributed by atoms with van der Waals surface area (Å²) in [4.78, 5) is 12.3. The summed E-state index contributed by atoms with van der Waals surface area (Å²) < 4.78 is 40.1. The van der Waals surface area contributed by atoms with Gasteiger partial charge in [0.05, 0.1) is 19.8 Å². The van der Waals surface area contributed by atoms with E-state index < -0.39 is 6.61 Å². The Bertz CT molecular complexity index is 1010. The molecule has 1 amide bonds. The van der Waals surface area contributed by atoms with Crippen molar-refractivity contribution >= 4 is 16.9 Å². The average Bonchev–Trinajstić information content (AvgIpc) is 3.03. The molecule has 1 heterocycles. The standard InChI is InChI=1S/C22H23F2NO4/c1-13-8-17-16(12-28-19(17)9-14(13)2)11-21(26)25-7-6-15-4-5-18(27-3)20(10-15)29-22(23)24/h4-5,8-10,12,22H,6-7,11H2,1-3H3,(H,25,26). The minimum absolute atomic E-state index is 0.0261. The third-order valence-electron chi connectivity index (χ3n) is 4.80. The molecule has 2 aromatic carbocycles. The van der Waals surface area contributed by atoms with E-state index in [2.05, 4.69) is 10.1 Å². The van der Waals surface area contributed by atoms with Gasteiger partial charge in [0, 0.05) is 17.5 Å². The highest BCUT2D eigenvalue weighted by Crippen LogP contribution is 2.29. The largest absolute Gasteiger partial charge is 0.493 e. The molecule has 0 unspecified atom stereocenters. The monoisotopic (exact) mass is 403 g/mol. The van der Waals surface area contributed by atoms with Crippen LogP contribution in [-0.2, 0) is 17.6 Å². The molecule has 1 aromatic heterocycles. The van der Waals surface area contributed by atoms with Gasteiger partial charge in [0.25, 0.3) is 0 Å². The van der Waals surface area contributed by atoms with Crippen LogP contribution in [0, 0.1) is 13.8 Å². The van der Waals surface area contributed by atoms with Gasteiger partial charge in [0.1, 0.15) is 5.58 Å². The molecule has 0 atom stereocenters. The van der Waals surface area contributed by atoms with Crippen molar-refractivity contribution in [1.29, 1.82) is 0 Å². The zero-order chi connectivity index (χ0) is 21.0. The van der Waals surface area contributed by atoms with Crippen molar-refractivity contribution in [3.63, 3.8) is 0 Å². The molecule has 0 aliphatic carbocycles. The summed E-state index contributed by atoms with van der Waals surface area (Å²) >= 11 is 0. The van der Waals surface area contributed by atoms with Gasteiger partial charge in [-0.15, -0.1) is 0 Å². The summed E-state index contributed by atoms with van der Waals surface area (Å²) in [7, 11) is 1.38. The zero-order valence-corrected chi connectivity index (χ0v) is 16.6. The summed E-state index contributed by atoms with van der Waals surface area (Å²) in [5, 5.41) is 3.79. The third kappa shape index (κ3) is 5.04. The van der Waals surface area contributed by atoms with E-state index in [9.17, 15) is 13.6 Å². The summed E-state index contributed by atoms with van der Waals surface area (Å²) in [5.74, 6) is 0.0702. The van der Waals surface area contributed by atoms with Gasteiger partial charge in [0.2, 0.25) is 5.91 Å². The van der Waals surface area contributed by atoms with Crippen LogP contribution >= 0.6 is 0 Å². The van der Waals surface area contributed by atoms with Crippen molar-refractivity contribution in [2.75, 3.05) is 13.7 Å². The first-order valence-electron chi connectivity index (χ1n) is 9.23. The van der Waals surface area contributed by atoms with Gasteiger partial charge in [-0.25, -0.2) is 0 Å². The maximum atomic E-state index is 12.5. The van der Waals surface area contributed by atoms with Crippen LogP contribution in [0.1, 0.15) is 22.3 Å². The molecule has 154 valence electrons. The molecule has 0 aliphatic rings. The number of aryl methyl sites for hydroxylation is 2. The van der Waals surface area contributed by atoms with Gasteiger partial charge < -0.3 is 19.2 Å². The first-order chi connectivity index (χ1) is 13.9. The fourth-order valence-electron chi connectivity index (χ4n) is 3.12. The fourth-order valence-corrected chi connectivity index (χ4v) is 3.12. The highest BCUT2D eigenvalue weighted by Gasteiger charge is 2.13. The lowest BCUT2D eigenvalue weighted by molar-refractivity contribution is -0.120. The van der Waals surface area contributed by atoms with Gasteiger partial charge in [0.15, 0.2) is 11.5 Å². The second-order valence-corrected chi connectivity index (χ2v) is 6.83. The molecule has 5 nitrogen and oxygen atoms in total. The molecule has 0 saturated heterocycles. The van der Waals surface area contributed by atoms with Crippen LogP contribution in [0.5, 0.6) is 11.5 Å². The fraction of sp³-hybridized carbons (Fsp3) is 0.318. The Kier molecular flexibility index (Phi) is 6.36. The maximum absolute atomic E-state index is 12.5. The van der Waals surface area contributed by atoms with E-state index >= 15 is 0 Å². The van der Waals surface area contributed by atoms with E-state index in [4.69, 9.17) is 9.15 Å². The van der Waals surface area contributed by atoms with E-state index in [-0.39, 0.29) is 23.8 Å². The van der Waals surface area contributed by atoms with Crippen LogP contribution in [0.3, 0.4) is 0 Å². The molecule has 29 heavy (non-hydrogen) atoms. The van der Waals surface area contributed by atoms with Crippen molar-refractivity contribution < 1.29 is 27.5 Å². The average molecular weight is 403 g/mol. The van der Waals surface area contributed by atoms with Crippen molar-refractivity contribution in [2.45, 2.75) is 33.3 Å². The lowest BCUT2D eigenvalue weighted by atomic mass is 10.0. The molecule has 0 bridgehead atoms. The predicted octanol–water partition coefficient (Wildman–Crippen LogP) is 4.56. The Balaban J connectivity index is 1.58. The Hall–Kier alpha value is -3.09. The predicted molar refractivity (Wildman–Crippen MR) is 106 cm³/mol. The molecule has 1 N–H and O–H groups in total. The molecular formula is C22H23F2NO4. The van der Waals surface area contributed by atoms with E-state index in [1.165, 1.54) is 13.2 Å². The number of fused-ring (bicyclic) bond motifs is 1. The van der Waals surface area contributed by atoms with Crippen molar-refractivity contribution in [2.24, 2.45) is 0 Å². The normalized spacial score (nSPS) is 11.1. The number of hydrogen-bond donors (Lipinski definition) is 1. The Morgan fingerprint density at radius 1 is 1.14 bits per heavy atom. The molecule has 0 fully saturated rings. The number of methoxy groups -OCH3 is 1. The number of benzene rings is 2. The smallest absolute Gasteiger partial charge is 0.387 e. The topological polar surface area (TPSA) is 60.7 Å². The molecule has 0 saturated carbocycles. The van der Waals surface area contributed by atoms with Crippen molar-refractivity contribution in [3.8, 4) is 11.5 Å². The van der Waals surface area contributed by atoms with Crippen LogP contribution in [0.25, 0.3) is 11.0 Å². The van der Waals surface area contributed by atoms with Crippen molar-refractivity contribution in [1.82, 2.24) is 5.32 Å². The van der Waals surface area contributed by atoms with Gasteiger partial charge >= 0.3 is 6.61 Å². The first-order valence-corrected chi connectivity index (χ1v) is 9.23. The van der Waals surface area contributed by atoms with Gasteiger partial charge in [-0.3, -0.25) is 4.79 Å². The van der Waals surface area contributed by atoms with E-state index in [0.717, 1.165) is 33.2 Å². The number of alkyl halides is 2. The number of carbonyl (C=O) groups excluding carboxylic acids is 1. The van der Waals surface area contributed by atoms with E-state index in [1.54, 1.807) is 18.4 Å². The molecule has 7 heteroatoms. The van der Waals surface area contributed by atoms with E-state index in [1.807, 2.05) is 26.0 Å². The Labute approximate surface area is 167 Å². The summed E-state index contributed by atoms with van der Waals surface area (Å²) in [5.41, 5.74) is 4.62. The van der Waals surface area contributed by atoms with Gasteiger partial charge in [-0.2, -0.15) is 8.78 Å². The minimum Gasteiger partial charge on any atom is -0.493 e. The molecule has 0 radical (unpaired) electrons. The lowest BCUT2D eigenvalue weighted by Crippen LogP contribution is -2.27. The maximum Gasteiger partial charge on any atom is 0.387 e.